The lowest BCUT2D eigenvalue weighted by Gasteiger charge is -2.07. The Balaban J connectivity index is 2.38. The Hall–Kier alpha value is -2.09. The minimum Gasteiger partial charge on any atom is -0.476 e. The van der Waals surface area contributed by atoms with Gasteiger partial charge in [0.15, 0.2) is 5.69 Å². The average molecular weight is 306 g/mol. The molecule has 5 nitrogen and oxygen atoms in total. The number of carboxylic acids is 1. The van der Waals surface area contributed by atoms with Gasteiger partial charge in [0.25, 0.3) is 6.43 Å². The molecule has 0 bridgehead atoms. The molecule has 0 radical (unpaired) electrons. The first kappa shape index (κ1) is 14.3. The summed E-state index contributed by atoms with van der Waals surface area (Å²) in [7, 11) is 0. The van der Waals surface area contributed by atoms with Crippen molar-refractivity contribution >= 4 is 17.6 Å². The van der Waals surface area contributed by atoms with Crippen LogP contribution in [0.3, 0.4) is 0 Å². The van der Waals surface area contributed by atoms with Crippen molar-refractivity contribution in [3.63, 3.8) is 0 Å². The zero-order valence-electron chi connectivity index (χ0n) is 9.73. The summed E-state index contributed by atoms with van der Waals surface area (Å²) in [4.78, 5) is 10.8. The van der Waals surface area contributed by atoms with Gasteiger partial charge in [-0.3, -0.25) is 0 Å². The molecule has 9 heteroatoms. The summed E-state index contributed by atoms with van der Waals surface area (Å²) in [5, 5.41) is 15.2. The number of carbonyl (C=O) groups is 1. The molecule has 1 heterocycles. The van der Waals surface area contributed by atoms with Crippen molar-refractivity contribution < 1.29 is 23.1 Å². The van der Waals surface area contributed by atoms with Gasteiger partial charge in [0.2, 0.25) is 0 Å². The fourth-order valence-electron chi connectivity index (χ4n) is 1.62. The Kier molecular flexibility index (Phi) is 3.93. The molecule has 0 aliphatic heterocycles. The van der Waals surface area contributed by atoms with Gasteiger partial charge < -0.3 is 5.11 Å². The fourth-order valence-corrected chi connectivity index (χ4v) is 1.82. The molecule has 1 aromatic heterocycles. The number of halogens is 4. The Bertz CT molecular complexity index is 660. The number of aromatic carboxylic acids is 1. The lowest BCUT2D eigenvalue weighted by molar-refractivity contribution is 0.0675. The topological polar surface area (TPSA) is 68.0 Å². The van der Waals surface area contributed by atoms with Gasteiger partial charge in [-0.1, -0.05) is 22.9 Å². The van der Waals surface area contributed by atoms with Crippen LogP contribution in [0.4, 0.5) is 13.2 Å². The summed E-state index contributed by atoms with van der Waals surface area (Å²) in [6, 6.07) is 3.65. The van der Waals surface area contributed by atoms with Crippen molar-refractivity contribution in [2.24, 2.45) is 0 Å². The molecular formula is C11H7ClF3N3O2. The van der Waals surface area contributed by atoms with Crippen molar-refractivity contribution in [1.82, 2.24) is 15.0 Å². The zero-order valence-corrected chi connectivity index (χ0v) is 10.5. The van der Waals surface area contributed by atoms with Gasteiger partial charge in [0.1, 0.15) is 11.5 Å². The van der Waals surface area contributed by atoms with E-state index in [1.807, 2.05) is 0 Å². The number of nitrogens with zero attached hydrogens (tertiary/aromatic N) is 3. The van der Waals surface area contributed by atoms with Gasteiger partial charge in [-0.25, -0.2) is 22.6 Å². The maximum atomic E-state index is 13.0. The Labute approximate surface area is 115 Å². The van der Waals surface area contributed by atoms with Gasteiger partial charge in [-0.05, 0) is 17.7 Å². The van der Waals surface area contributed by atoms with E-state index in [1.165, 1.54) is 12.1 Å². The number of rotatable bonds is 4. The van der Waals surface area contributed by atoms with Crippen molar-refractivity contribution in [3.05, 3.63) is 46.0 Å². The van der Waals surface area contributed by atoms with E-state index in [-0.39, 0.29) is 11.6 Å². The average Bonchev–Trinajstić information content (AvgIpc) is 2.78. The number of hydrogen-bond donors (Lipinski definition) is 1. The predicted molar refractivity (Wildman–Crippen MR) is 62.5 cm³/mol. The van der Waals surface area contributed by atoms with Crippen LogP contribution in [0.2, 0.25) is 5.02 Å². The number of hydrogen-bond acceptors (Lipinski definition) is 3. The molecule has 0 saturated heterocycles. The molecule has 1 aromatic carbocycles. The van der Waals surface area contributed by atoms with Crippen molar-refractivity contribution in [2.75, 3.05) is 0 Å². The Morgan fingerprint density at radius 1 is 1.45 bits per heavy atom. The molecule has 0 aliphatic carbocycles. The van der Waals surface area contributed by atoms with Crippen LogP contribution in [0.25, 0.3) is 0 Å². The minimum absolute atomic E-state index is 0.167. The molecule has 1 N–H and O–H groups in total. The van der Waals surface area contributed by atoms with Gasteiger partial charge in [-0.2, -0.15) is 0 Å². The van der Waals surface area contributed by atoms with E-state index in [4.69, 9.17) is 16.7 Å². The van der Waals surface area contributed by atoms with Crippen molar-refractivity contribution in [1.29, 1.82) is 0 Å². The second-order valence-corrected chi connectivity index (χ2v) is 4.24. The molecule has 20 heavy (non-hydrogen) atoms. The van der Waals surface area contributed by atoms with Crippen molar-refractivity contribution in [3.8, 4) is 0 Å². The maximum Gasteiger partial charge on any atom is 0.358 e. The monoisotopic (exact) mass is 305 g/mol. The van der Waals surface area contributed by atoms with E-state index in [0.717, 1.165) is 10.7 Å². The highest BCUT2D eigenvalue weighted by molar-refractivity contribution is 6.30. The second-order valence-electron chi connectivity index (χ2n) is 3.84. The van der Waals surface area contributed by atoms with E-state index in [9.17, 15) is 18.0 Å². The van der Waals surface area contributed by atoms with Gasteiger partial charge in [0, 0.05) is 0 Å². The Morgan fingerprint density at radius 3 is 2.70 bits per heavy atom. The fraction of sp³-hybridized carbons (Fsp3) is 0.182. The van der Waals surface area contributed by atoms with E-state index in [0.29, 0.717) is 5.56 Å². The lowest BCUT2D eigenvalue weighted by atomic mass is 10.2. The first-order valence-electron chi connectivity index (χ1n) is 5.29. The smallest absolute Gasteiger partial charge is 0.358 e. The molecule has 0 unspecified atom stereocenters. The number of aromatic nitrogens is 3. The quantitative estimate of drug-likeness (QED) is 0.943. The number of carboxylic acid groups (broad SMARTS) is 1. The highest BCUT2D eigenvalue weighted by atomic mass is 35.5. The molecule has 0 amide bonds. The van der Waals surface area contributed by atoms with Crippen LogP contribution in [0, 0.1) is 5.82 Å². The lowest BCUT2D eigenvalue weighted by Crippen LogP contribution is -2.10. The van der Waals surface area contributed by atoms with Gasteiger partial charge in [-0.15, -0.1) is 5.10 Å². The third kappa shape index (κ3) is 2.74. The first-order chi connectivity index (χ1) is 9.40. The third-order valence-electron chi connectivity index (χ3n) is 2.50. The minimum atomic E-state index is -3.05. The molecule has 0 saturated carbocycles. The summed E-state index contributed by atoms with van der Waals surface area (Å²) >= 11 is 5.58. The molecule has 2 rings (SSSR count). The number of alkyl halides is 2. The van der Waals surface area contributed by atoms with Crippen molar-refractivity contribution in [2.45, 2.75) is 13.0 Å². The standard InChI is InChI=1S/C11H7ClF3N3O2/c12-6-3-5(1-2-7(6)13)4-18-9(10(14)15)8(11(19)20)16-17-18/h1-3,10H,4H2,(H,19,20). The largest absolute Gasteiger partial charge is 0.476 e. The summed E-state index contributed by atoms with van der Waals surface area (Å²) in [5.74, 6) is -2.24. The normalized spacial score (nSPS) is 11.1. The van der Waals surface area contributed by atoms with Crippen LogP contribution >= 0.6 is 11.6 Å². The summed E-state index contributed by atoms with van der Waals surface area (Å²) in [5.41, 5.74) is -1.23. The van der Waals surface area contributed by atoms with Crippen LogP contribution in [0.15, 0.2) is 18.2 Å². The first-order valence-corrected chi connectivity index (χ1v) is 5.66. The molecule has 0 aliphatic rings. The molecule has 0 atom stereocenters. The SMILES string of the molecule is O=C(O)c1nnn(Cc2ccc(F)c(Cl)c2)c1C(F)F. The van der Waals surface area contributed by atoms with Crippen LogP contribution in [0.5, 0.6) is 0 Å². The van der Waals surface area contributed by atoms with E-state index in [1.54, 1.807) is 0 Å². The molecule has 106 valence electrons. The Morgan fingerprint density at radius 2 is 2.15 bits per heavy atom. The molecule has 0 fully saturated rings. The third-order valence-corrected chi connectivity index (χ3v) is 2.79. The summed E-state index contributed by atoms with van der Waals surface area (Å²) in [6.07, 6.45) is -3.05. The molecule has 0 spiro atoms. The van der Waals surface area contributed by atoms with E-state index in [2.05, 4.69) is 10.3 Å². The predicted octanol–water partition coefficient (Wildman–Crippen LogP) is 2.75. The zero-order chi connectivity index (χ0) is 14.9. The van der Waals surface area contributed by atoms with Crippen LogP contribution in [-0.4, -0.2) is 26.1 Å². The maximum absolute atomic E-state index is 13.0. The highest BCUT2D eigenvalue weighted by Gasteiger charge is 2.26. The van der Waals surface area contributed by atoms with Gasteiger partial charge in [0.05, 0.1) is 11.6 Å². The number of benzene rings is 1. The molecule has 2 aromatic rings. The van der Waals surface area contributed by atoms with E-state index >= 15 is 0 Å². The van der Waals surface area contributed by atoms with Gasteiger partial charge >= 0.3 is 5.97 Å². The summed E-state index contributed by atoms with van der Waals surface area (Å²) in [6.45, 7) is -0.194. The summed E-state index contributed by atoms with van der Waals surface area (Å²) < 4.78 is 39.5. The van der Waals surface area contributed by atoms with E-state index < -0.39 is 29.6 Å². The van der Waals surface area contributed by atoms with Crippen LogP contribution in [0.1, 0.15) is 28.2 Å². The highest BCUT2D eigenvalue weighted by Crippen LogP contribution is 2.23. The molecular weight excluding hydrogens is 299 g/mol. The van der Waals surface area contributed by atoms with Crippen LogP contribution in [-0.2, 0) is 6.54 Å². The van der Waals surface area contributed by atoms with Crippen LogP contribution < -0.4 is 0 Å². The second kappa shape index (κ2) is 5.49.